The van der Waals surface area contributed by atoms with Crippen molar-refractivity contribution in [3.05, 3.63) is 22.5 Å². The van der Waals surface area contributed by atoms with Crippen molar-refractivity contribution in [3.63, 3.8) is 0 Å². The van der Waals surface area contributed by atoms with Crippen LogP contribution in [0.4, 0.5) is 5.95 Å². The van der Waals surface area contributed by atoms with Crippen LogP contribution in [0.1, 0.15) is 43.9 Å². The Kier molecular flexibility index (Phi) is 5.82. The molecule has 3 heterocycles. The Labute approximate surface area is 169 Å². The first-order valence-electron chi connectivity index (χ1n) is 9.04. The highest BCUT2D eigenvalue weighted by Gasteiger charge is 2.32. The fraction of sp³-hybridized carbons (Fsp3) is 0.588. The van der Waals surface area contributed by atoms with Gasteiger partial charge >= 0.3 is 0 Å². The number of sulfonamides is 1. The molecule has 0 amide bonds. The number of aliphatic hydroxyl groups is 1. The molecule has 11 heteroatoms. The number of hydrogen-bond donors (Lipinski definition) is 2. The Balaban J connectivity index is 1.90. The van der Waals surface area contributed by atoms with Gasteiger partial charge in [-0.1, -0.05) is 25.4 Å². The van der Waals surface area contributed by atoms with Gasteiger partial charge in [0.05, 0.1) is 40.9 Å². The molecule has 28 heavy (non-hydrogen) atoms. The minimum atomic E-state index is -3.34. The van der Waals surface area contributed by atoms with Gasteiger partial charge in [0.15, 0.2) is 0 Å². The largest absolute Gasteiger partial charge is 0.390 e. The number of halogens is 1. The number of rotatable bonds is 5. The summed E-state index contributed by atoms with van der Waals surface area (Å²) in [5, 5.41) is 27.7. The molecule has 3 atom stereocenters. The highest BCUT2D eigenvalue weighted by molar-refractivity contribution is 7.88. The lowest BCUT2D eigenvalue weighted by Gasteiger charge is -2.34. The van der Waals surface area contributed by atoms with Gasteiger partial charge in [0.25, 0.3) is 0 Å². The second-order valence-corrected chi connectivity index (χ2v) is 9.46. The van der Waals surface area contributed by atoms with Gasteiger partial charge in [-0.15, -0.1) is 5.10 Å². The van der Waals surface area contributed by atoms with E-state index in [9.17, 15) is 18.8 Å². The zero-order valence-corrected chi connectivity index (χ0v) is 17.5. The van der Waals surface area contributed by atoms with Crippen molar-refractivity contribution in [2.24, 2.45) is 0 Å². The lowest BCUT2D eigenvalue weighted by atomic mass is 10.0. The molecule has 9 nitrogen and oxygen atoms in total. The summed E-state index contributed by atoms with van der Waals surface area (Å²) in [6, 6.07) is 1.77. The summed E-state index contributed by atoms with van der Waals surface area (Å²) in [7, 11) is -3.34. The number of nitrogens with zero attached hydrogens (tertiary/aromatic N) is 5. The van der Waals surface area contributed by atoms with Crippen LogP contribution in [-0.4, -0.2) is 63.9 Å². The van der Waals surface area contributed by atoms with E-state index in [1.54, 1.807) is 10.7 Å². The Morgan fingerprint density at radius 3 is 2.82 bits per heavy atom. The van der Waals surface area contributed by atoms with E-state index in [1.807, 2.05) is 13.8 Å². The van der Waals surface area contributed by atoms with E-state index in [2.05, 4.69) is 21.5 Å². The van der Waals surface area contributed by atoms with Crippen molar-refractivity contribution in [2.75, 3.05) is 24.7 Å². The third-order valence-corrected chi connectivity index (χ3v) is 6.83. The average Bonchev–Trinajstić information content (AvgIpc) is 2.93. The van der Waals surface area contributed by atoms with Gasteiger partial charge in [-0.25, -0.2) is 17.9 Å². The Morgan fingerprint density at radius 2 is 2.25 bits per heavy atom. The number of anilines is 1. The molecule has 152 valence electrons. The number of fused-ring (bicyclic) bond motifs is 1. The molecule has 2 aromatic heterocycles. The van der Waals surface area contributed by atoms with Crippen LogP contribution in [0, 0.1) is 11.3 Å². The molecule has 3 unspecified atom stereocenters. The first-order chi connectivity index (χ1) is 13.2. The SMILES string of the molecule is CCC(C)c1c(C#N)c(Cl)c2cnc(NC3CCN(S(C)(=O)=O)CC3O)nn12. The van der Waals surface area contributed by atoms with Gasteiger partial charge in [0, 0.05) is 13.1 Å². The molecule has 0 spiro atoms. The maximum absolute atomic E-state index is 11.7. The molecule has 0 saturated carbocycles. The van der Waals surface area contributed by atoms with Gasteiger partial charge < -0.3 is 10.4 Å². The fourth-order valence-electron chi connectivity index (χ4n) is 3.39. The second-order valence-electron chi connectivity index (χ2n) is 7.10. The number of piperidine rings is 1. The summed E-state index contributed by atoms with van der Waals surface area (Å²) in [5.41, 5.74) is 1.67. The molecule has 0 aliphatic carbocycles. The number of nitriles is 1. The zero-order chi connectivity index (χ0) is 20.6. The van der Waals surface area contributed by atoms with Crippen LogP contribution in [0.5, 0.6) is 0 Å². The maximum atomic E-state index is 11.7. The van der Waals surface area contributed by atoms with Gasteiger partial charge in [-0.2, -0.15) is 9.57 Å². The van der Waals surface area contributed by atoms with E-state index < -0.39 is 16.1 Å². The fourth-order valence-corrected chi connectivity index (χ4v) is 4.52. The van der Waals surface area contributed by atoms with Crippen LogP contribution in [-0.2, 0) is 10.0 Å². The van der Waals surface area contributed by atoms with Crippen LogP contribution < -0.4 is 5.32 Å². The van der Waals surface area contributed by atoms with E-state index in [0.29, 0.717) is 29.1 Å². The van der Waals surface area contributed by atoms with Crippen LogP contribution in [0.2, 0.25) is 5.02 Å². The molecule has 1 saturated heterocycles. The normalized spacial score (nSPS) is 22.1. The minimum absolute atomic E-state index is 0.0186. The molecule has 2 N–H and O–H groups in total. The van der Waals surface area contributed by atoms with Gasteiger partial charge in [0.1, 0.15) is 11.6 Å². The number of aliphatic hydroxyl groups excluding tert-OH is 1. The summed E-state index contributed by atoms with van der Waals surface area (Å²) in [4.78, 5) is 4.26. The van der Waals surface area contributed by atoms with E-state index >= 15 is 0 Å². The molecule has 1 aliphatic heterocycles. The quantitative estimate of drug-likeness (QED) is 0.743. The predicted molar refractivity (Wildman–Crippen MR) is 106 cm³/mol. The van der Waals surface area contributed by atoms with Crippen LogP contribution in [0.25, 0.3) is 5.52 Å². The summed E-state index contributed by atoms with van der Waals surface area (Å²) < 4.78 is 26.2. The molecule has 2 aromatic rings. The standard InChI is InChI=1S/C17H23ClN6O3S/c1-4-10(2)16-11(7-19)15(18)13-8-20-17(22-24(13)16)21-12-5-6-23(9-14(12)25)28(3,26)27/h8,10,12,14,25H,4-6,9H2,1-3H3,(H,21,22). The van der Waals surface area contributed by atoms with E-state index in [0.717, 1.165) is 18.4 Å². The van der Waals surface area contributed by atoms with Crippen molar-refractivity contribution >= 4 is 33.1 Å². The van der Waals surface area contributed by atoms with E-state index in [1.165, 1.54) is 4.31 Å². The number of hydrogen-bond acceptors (Lipinski definition) is 7. The Bertz CT molecular complexity index is 1030. The van der Waals surface area contributed by atoms with Crippen molar-refractivity contribution < 1.29 is 13.5 Å². The molecular formula is C17H23ClN6O3S. The first kappa shape index (κ1) is 20.8. The summed E-state index contributed by atoms with van der Waals surface area (Å²) >= 11 is 6.34. The van der Waals surface area contributed by atoms with Crippen LogP contribution in [0.3, 0.4) is 0 Å². The molecule has 1 fully saturated rings. The maximum Gasteiger partial charge on any atom is 0.241 e. The Hall–Kier alpha value is -1.93. The summed E-state index contributed by atoms with van der Waals surface area (Å²) in [6.45, 7) is 4.34. The number of aromatic nitrogens is 3. The predicted octanol–water partition coefficient (Wildman–Crippen LogP) is 1.57. The highest BCUT2D eigenvalue weighted by Crippen LogP contribution is 2.33. The van der Waals surface area contributed by atoms with Crippen LogP contribution in [0.15, 0.2) is 6.20 Å². The van der Waals surface area contributed by atoms with Gasteiger partial charge in [-0.05, 0) is 18.8 Å². The first-order valence-corrected chi connectivity index (χ1v) is 11.3. The third-order valence-electron chi connectivity index (χ3n) is 5.18. The van der Waals surface area contributed by atoms with Gasteiger partial charge in [0.2, 0.25) is 16.0 Å². The highest BCUT2D eigenvalue weighted by atomic mass is 35.5. The topological polar surface area (TPSA) is 124 Å². The molecular weight excluding hydrogens is 404 g/mol. The van der Waals surface area contributed by atoms with Crippen molar-refractivity contribution in [3.8, 4) is 6.07 Å². The van der Waals surface area contributed by atoms with Crippen molar-refractivity contribution in [1.29, 1.82) is 5.26 Å². The van der Waals surface area contributed by atoms with E-state index in [4.69, 9.17) is 11.6 Å². The Morgan fingerprint density at radius 1 is 1.54 bits per heavy atom. The number of β-amino-alcohol motifs (C(OH)–C–C–N with tert-alkyl or cyclic N) is 1. The van der Waals surface area contributed by atoms with Crippen LogP contribution >= 0.6 is 11.6 Å². The minimum Gasteiger partial charge on any atom is -0.390 e. The smallest absolute Gasteiger partial charge is 0.241 e. The molecule has 0 radical (unpaired) electrons. The lowest BCUT2D eigenvalue weighted by molar-refractivity contribution is 0.0950. The average molecular weight is 427 g/mol. The molecule has 3 rings (SSSR count). The summed E-state index contributed by atoms with van der Waals surface area (Å²) in [5.74, 6) is 0.353. The van der Waals surface area contributed by atoms with Crippen molar-refractivity contribution in [1.82, 2.24) is 18.9 Å². The molecule has 0 aromatic carbocycles. The van der Waals surface area contributed by atoms with Crippen molar-refractivity contribution in [2.45, 2.75) is 44.8 Å². The van der Waals surface area contributed by atoms with Gasteiger partial charge in [-0.3, -0.25) is 0 Å². The lowest BCUT2D eigenvalue weighted by Crippen LogP contribution is -2.51. The summed E-state index contributed by atoms with van der Waals surface area (Å²) in [6.07, 6.45) is 3.02. The molecule has 0 bridgehead atoms. The third kappa shape index (κ3) is 3.80. The molecule has 1 aliphatic rings. The zero-order valence-electron chi connectivity index (χ0n) is 15.9. The monoisotopic (exact) mass is 426 g/mol. The number of nitrogens with one attached hydrogen (secondary N) is 1. The van der Waals surface area contributed by atoms with E-state index in [-0.39, 0.29) is 24.5 Å². The second kappa shape index (κ2) is 7.83.